The molecule has 2 N–H and O–H groups in total. The zero-order valence-corrected chi connectivity index (χ0v) is 14.8. The topological polar surface area (TPSA) is 108 Å². The number of hydrogen-bond acceptors (Lipinski definition) is 5. The second kappa shape index (κ2) is 7.32. The number of nitrogens with one attached hydrogen (secondary N) is 2. The van der Waals surface area contributed by atoms with Crippen molar-refractivity contribution in [2.45, 2.75) is 43.0 Å². The summed E-state index contributed by atoms with van der Waals surface area (Å²) < 4.78 is 27.0. The third-order valence-electron chi connectivity index (χ3n) is 4.53. The number of aromatic amines is 1. The van der Waals surface area contributed by atoms with Crippen molar-refractivity contribution < 1.29 is 13.2 Å². The van der Waals surface area contributed by atoms with Crippen LogP contribution in [-0.2, 0) is 10.0 Å². The zero-order valence-electron chi connectivity index (χ0n) is 14.0. The highest BCUT2D eigenvalue weighted by molar-refractivity contribution is 7.89. The molecule has 8 nitrogen and oxygen atoms in total. The Morgan fingerprint density at radius 2 is 1.88 bits per heavy atom. The van der Waals surface area contributed by atoms with Crippen molar-refractivity contribution in [3.05, 3.63) is 36.2 Å². The van der Waals surface area contributed by atoms with Crippen LogP contribution in [0.1, 0.15) is 42.5 Å². The fourth-order valence-corrected chi connectivity index (χ4v) is 4.45. The molecule has 1 heterocycles. The summed E-state index contributed by atoms with van der Waals surface area (Å²) >= 11 is 0. The van der Waals surface area contributed by atoms with Gasteiger partial charge in [0.15, 0.2) is 0 Å². The van der Waals surface area contributed by atoms with Crippen LogP contribution in [0.5, 0.6) is 0 Å². The molecule has 1 saturated carbocycles. The molecule has 25 heavy (non-hydrogen) atoms. The van der Waals surface area contributed by atoms with Crippen LogP contribution in [0.2, 0.25) is 0 Å². The predicted molar refractivity (Wildman–Crippen MR) is 92.6 cm³/mol. The van der Waals surface area contributed by atoms with Crippen LogP contribution in [-0.4, -0.2) is 46.9 Å². The molecular formula is C16H21N5O3S. The Labute approximate surface area is 146 Å². The van der Waals surface area contributed by atoms with Gasteiger partial charge in [-0.15, -0.1) is 0 Å². The molecule has 1 aliphatic carbocycles. The van der Waals surface area contributed by atoms with E-state index >= 15 is 0 Å². The van der Waals surface area contributed by atoms with Crippen LogP contribution in [0.25, 0.3) is 0 Å². The van der Waals surface area contributed by atoms with Gasteiger partial charge in [-0.05, 0) is 37.1 Å². The number of benzene rings is 1. The van der Waals surface area contributed by atoms with Gasteiger partial charge >= 0.3 is 0 Å². The van der Waals surface area contributed by atoms with Crippen molar-refractivity contribution in [2.24, 2.45) is 0 Å². The summed E-state index contributed by atoms with van der Waals surface area (Å²) in [6.07, 6.45) is 6.36. The first-order valence-corrected chi connectivity index (χ1v) is 9.67. The van der Waals surface area contributed by atoms with Gasteiger partial charge in [0.2, 0.25) is 16.0 Å². The Morgan fingerprint density at radius 3 is 2.48 bits per heavy atom. The van der Waals surface area contributed by atoms with E-state index in [1.165, 1.54) is 41.3 Å². The average Bonchev–Trinajstić information content (AvgIpc) is 3.15. The van der Waals surface area contributed by atoms with E-state index in [4.69, 9.17) is 0 Å². The maximum atomic E-state index is 12.8. The van der Waals surface area contributed by atoms with Crippen molar-refractivity contribution in [1.82, 2.24) is 19.5 Å². The van der Waals surface area contributed by atoms with E-state index in [0.29, 0.717) is 5.56 Å². The molecule has 0 spiro atoms. The second-order valence-electron chi connectivity index (χ2n) is 6.13. The molecule has 0 unspecified atom stereocenters. The van der Waals surface area contributed by atoms with Crippen LogP contribution >= 0.6 is 0 Å². The summed E-state index contributed by atoms with van der Waals surface area (Å²) in [7, 11) is -1.92. The van der Waals surface area contributed by atoms with Gasteiger partial charge in [0.05, 0.1) is 4.90 Å². The van der Waals surface area contributed by atoms with E-state index < -0.39 is 10.0 Å². The Hall–Kier alpha value is -2.26. The lowest BCUT2D eigenvalue weighted by Crippen LogP contribution is -2.38. The minimum absolute atomic E-state index is 0.0492. The summed E-state index contributed by atoms with van der Waals surface area (Å²) in [5.74, 6) is -0.153. The zero-order chi connectivity index (χ0) is 17.9. The minimum Gasteiger partial charge on any atom is -0.291 e. The predicted octanol–water partition coefficient (Wildman–Crippen LogP) is 2.01. The molecule has 0 radical (unpaired) electrons. The summed E-state index contributed by atoms with van der Waals surface area (Å²) in [6, 6.07) is 5.96. The molecule has 1 fully saturated rings. The normalized spacial score (nSPS) is 16.1. The summed E-state index contributed by atoms with van der Waals surface area (Å²) in [5, 5.41) is 8.72. The smallest absolute Gasteiger partial charge is 0.258 e. The average molecular weight is 363 g/mol. The van der Waals surface area contributed by atoms with E-state index in [1.807, 2.05) is 0 Å². The number of carbonyl (C=O) groups excluding carboxylic acids is 1. The van der Waals surface area contributed by atoms with Crippen molar-refractivity contribution in [1.29, 1.82) is 0 Å². The number of aromatic nitrogens is 3. The number of hydrogen-bond donors (Lipinski definition) is 2. The van der Waals surface area contributed by atoms with Gasteiger partial charge in [-0.25, -0.2) is 13.5 Å². The third kappa shape index (κ3) is 3.88. The van der Waals surface area contributed by atoms with Gasteiger partial charge in [-0.3, -0.25) is 10.1 Å². The lowest BCUT2D eigenvalue weighted by molar-refractivity contribution is 0.102. The molecule has 134 valence electrons. The Bertz CT molecular complexity index is 812. The number of H-pyrrole nitrogens is 1. The van der Waals surface area contributed by atoms with Gasteiger partial charge in [0, 0.05) is 18.7 Å². The first-order valence-electron chi connectivity index (χ1n) is 8.23. The summed E-state index contributed by atoms with van der Waals surface area (Å²) in [5.41, 5.74) is 0.343. The Morgan fingerprint density at radius 1 is 1.20 bits per heavy atom. The highest BCUT2D eigenvalue weighted by Gasteiger charge is 2.29. The first-order chi connectivity index (χ1) is 12.0. The molecule has 3 rings (SSSR count). The van der Waals surface area contributed by atoms with E-state index in [2.05, 4.69) is 20.5 Å². The van der Waals surface area contributed by atoms with E-state index in [1.54, 1.807) is 7.05 Å². The molecule has 2 aromatic rings. The van der Waals surface area contributed by atoms with Crippen molar-refractivity contribution in [3.8, 4) is 0 Å². The number of anilines is 1. The SMILES string of the molecule is CN(C1CCCCC1)S(=O)(=O)c1ccc(C(=O)Nc2ncn[nH]2)cc1. The summed E-state index contributed by atoms with van der Waals surface area (Å²) in [4.78, 5) is 16.1. The van der Waals surface area contributed by atoms with Gasteiger partial charge < -0.3 is 0 Å². The van der Waals surface area contributed by atoms with Crippen LogP contribution in [0.15, 0.2) is 35.5 Å². The molecule has 1 aromatic heterocycles. The standard InChI is InChI=1S/C16H21N5O3S/c1-21(13-5-3-2-4-6-13)25(23,24)14-9-7-12(8-10-14)15(22)19-16-17-11-18-20-16/h7-11,13H,2-6H2,1H3,(H2,17,18,19,20,22). The van der Waals surface area contributed by atoms with Crippen molar-refractivity contribution in [3.63, 3.8) is 0 Å². The number of amides is 1. The highest BCUT2D eigenvalue weighted by Crippen LogP contribution is 2.26. The quantitative estimate of drug-likeness (QED) is 0.845. The molecule has 1 aromatic carbocycles. The van der Waals surface area contributed by atoms with Crippen molar-refractivity contribution in [2.75, 3.05) is 12.4 Å². The minimum atomic E-state index is -3.56. The number of nitrogens with zero attached hydrogens (tertiary/aromatic N) is 3. The van der Waals surface area contributed by atoms with Gasteiger partial charge in [-0.2, -0.15) is 14.4 Å². The Balaban J connectivity index is 1.73. The van der Waals surface area contributed by atoms with E-state index in [0.717, 1.165) is 25.7 Å². The van der Waals surface area contributed by atoms with Crippen molar-refractivity contribution >= 4 is 21.9 Å². The molecule has 0 saturated heterocycles. The fourth-order valence-electron chi connectivity index (χ4n) is 3.03. The maximum absolute atomic E-state index is 12.8. The van der Waals surface area contributed by atoms with Crippen LogP contribution in [0.4, 0.5) is 5.95 Å². The maximum Gasteiger partial charge on any atom is 0.258 e. The van der Waals surface area contributed by atoms with E-state index in [-0.39, 0.29) is 22.8 Å². The molecule has 0 atom stereocenters. The number of carbonyl (C=O) groups is 1. The van der Waals surface area contributed by atoms with Crippen LogP contribution < -0.4 is 5.32 Å². The first kappa shape index (κ1) is 17.6. The molecule has 0 bridgehead atoms. The van der Waals surface area contributed by atoms with Crippen LogP contribution in [0.3, 0.4) is 0 Å². The van der Waals surface area contributed by atoms with Gasteiger partial charge in [0.1, 0.15) is 6.33 Å². The van der Waals surface area contributed by atoms with Crippen LogP contribution in [0, 0.1) is 0 Å². The highest BCUT2D eigenvalue weighted by atomic mass is 32.2. The third-order valence-corrected chi connectivity index (χ3v) is 6.45. The van der Waals surface area contributed by atoms with Gasteiger partial charge in [0.25, 0.3) is 5.91 Å². The number of rotatable bonds is 5. The van der Waals surface area contributed by atoms with E-state index in [9.17, 15) is 13.2 Å². The molecule has 1 aliphatic rings. The molecular weight excluding hydrogens is 342 g/mol. The molecule has 9 heteroatoms. The molecule has 1 amide bonds. The monoisotopic (exact) mass is 363 g/mol. The second-order valence-corrected chi connectivity index (χ2v) is 8.12. The largest absolute Gasteiger partial charge is 0.291 e. The fraction of sp³-hybridized carbons (Fsp3) is 0.438. The molecule has 0 aliphatic heterocycles. The lowest BCUT2D eigenvalue weighted by Gasteiger charge is -2.30. The lowest BCUT2D eigenvalue weighted by atomic mass is 9.96. The van der Waals surface area contributed by atoms with Gasteiger partial charge in [-0.1, -0.05) is 19.3 Å². The number of sulfonamides is 1. The Kier molecular flexibility index (Phi) is 5.14. The summed E-state index contributed by atoms with van der Waals surface area (Å²) in [6.45, 7) is 0.